The van der Waals surface area contributed by atoms with Crippen LogP contribution >= 0.6 is 0 Å². The number of nitrogens with two attached hydrogens (primary N) is 1. The summed E-state index contributed by atoms with van der Waals surface area (Å²) >= 11 is 0. The number of ether oxygens (including phenoxy) is 2. The van der Waals surface area contributed by atoms with Crippen LogP contribution in [0.15, 0.2) is 84.9 Å². The lowest BCUT2D eigenvalue weighted by atomic mass is 10.1. The van der Waals surface area contributed by atoms with E-state index in [9.17, 15) is 0 Å². The summed E-state index contributed by atoms with van der Waals surface area (Å²) in [6, 6.07) is 20.8. The summed E-state index contributed by atoms with van der Waals surface area (Å²) < 4.78 is 11.5. The number of nitrogen functional groups attached to an aromatic ring is 1. The third-order valence-electron chi connectivity index (χ3n) is 3.76. The third kappa shape index (κ3) is 3.76. The molecule has 1 aliphatic heterocycles. The summed E-state index contributed by atoms with van der Waals surface area (Å²) in [5.41, 5.74) is 9.31. The van der Waals surface area contributed by atoms with Crippen LogP contribution in [0.5, 0.6) is 17.2 Å². The first-order valence-electron chi connectivity index (χ1n) is 8.12. The van der Waals surface area contributed by atoms with Gasteiger partial charge >= 0.3 is 0 Å². The Bertz CT molecular complexity index is 894. The first kappa shape index (κ1) is 16.0. The number of aromatic nitrogens is 1. The van der Waals surface area contributed by atoms with E-state index in [0.717, 1.165) is 17.1 Å². The number of nitrogens with one attached hydrogen (secondary N) is 1. The molecule has 0 amide bonds. The second-order valence-corrected chi connectivity index (χ2v) is 5.68. The predicted molar refractivity (Wildman–Crippen MR) is 97.3 cm³/mol. The standard InChI is InChI=1S/C20H17N3O3/c21-19-11-10-17(13-22-19)25-20-12-18(26-23-20)14-6-8-16(9-7-14)24-15-4-2-1-3-5-15/h1-13,18,23H,(H2,21,22). The number of pyridine rings is 1. The SMILES string of the molecule is Nc1ccc(OC2=CC(c3ccc(Oc4ccccc4)cc3)ON2)cn1. The lowest BCUT2D eigenvalue weighted by Crippen LogP contribution is -2.12. The number of hydrogen-bond acceptors (Lipinski definition) is 6. The molecule has 6 heteroatoms. The van der Waals surface area contributed by atoms with Gasteiger partial charge in [-0.2, -0.15) is 0 Å². The summed E-state index contributed by atoms with van der Waals surface area (Å²) in [5.74, 6) is 3.09. The molecule has 4 rings (SSSR count). The number of hydroxylamine groups is 1. The molecule has 0 saturated carbocycles. The molecule has 1 unspecified atom stereocenters. The molecule has 26 heavy (non-hydrogen) atoms. The zero-order chi connectivity index (χ0) is 17.8. The normalized spacial score (nSPS) is 15.8. The number of hydrogen-bond donors (Lipinski definition) is 2. The van der Waals surface area contributed by atoms with Gasteiger partial charge in [-0.15, -0.1) is 0 Å². The maximum Gasteiger partial charge on any atom is 0.216 e. The van der Waals surface area contributed by atoms with Gasteiger partial charge < -0.3 is 15.2 Å². The highest BCUT2D eigenvalue weighted by molar-refractivity contribution is 5.36. The summed E-state index contributed by atoms with van der Waals surface area (Å²) in [5, 5.41) is 0. The molecule has 2 aromatic carbocycles. The van der Waals surface area contributed by atoms with Crippen LogP contribution in [0.25, 0.3) is 0 Å². The van der Waals surface area contributed by atoms with E-state index in [0.29, 0.717) is 17.5 Å². The van der Waals surface area contributed by atoms with Crippen molar-refractivity contribution in [3.05, 3.63) is 90.4 Å². The van der Waals surface area contributed by atoms with E-state index >= 15 is 0 Å². The molecule has 1 aliphatic rings. The molecule has 0 radical (unpaired) electrons. The van der Waals surface area contributed by atoms with Crippen LogP contribution in [-0.4, -0.2) is 4.98 Å². The van der Waals surface area contributed by atoms with Gasteiger partial charge in [0.2, 0.25) is 5.88 Å². The predicted octanol–water partition coefficient (Wildman–Crippen LogP) is 3.95. The Morgan fingerprint density at radius 3 is 2.31 bits per heavy atom. The highest BCUT2D eigenvalue weighted by Crippen LogP contribution is 2.28. The molecule has 0 spiro atoms. The van der Waals surface area contributed by atoms with E-state index in [1.165, 1.54) is 0 Å². The van der Waals surface area contributed by atoms with Crippen molar-refractivity contribution in [2.75, 3.05) is 5.73 Å². The topological polar surface area (TPSA) is 78.6 Å². The van der Waals surface area contributed by atoms with Crippen molar-refractivity contribution in [2.45, 2.75) is 6.10 Å². The molecule has 3 N–H and O–H groups in total. The zero-order valence-corrected chi connectivity index (χ0v) is 13.8. The van der Waals surface area contributed by atoms with Crippen molar-refractivity contribution in [1.82, 2.24) is 10.5 Å². The molecular formula is C20H17N3O3. The van der Waals surface area contributed by atoms with Crippen LogP contribution in [0, 0.1) is 0 Å². The van der Waals surface area contributed by atoms with Crippen molar-refractivity contribution in [3.8, 4) is 17.2 Å². The van der Waals surface area contributed by atoms with Gasteiger partial charge in [0, 0.05) is 6.08 Å². The van der Waals surface area contributed by atoms with Crippen molar-refractivity contribution in [2.24, 2.45) is 0 Å². The first-order valence-corrected chi connectivity index (χ1v) is 8.12. The number of para-hydroxylation sites is 1. The fraction of sp³-hybridized carbons (Fsp3) is 0.0500. The van der Waals surface area contributed by atoms with E-state index < -0.39 is 0 Å². The molecule has 2 heterocycles. The summed E-state index contributed by atoms with van der Waals surface area (Å²) in [6.45, 7) is 0. The van der Waals surface area contributed by atoms with Gasteiger partial charge in [-0.1, -0.05) is 30.3 Å². The Morgan fingerprint density at radius 1 is 0.846 bits per heavy atom. The minimum Gasteiger partial charge on any atom is -0.457 e. The maximum atomic E-state index is 5.79. The molecule has 1 atom stereocenters. The minimum atomic E-state index is -0.252. The van der Waals surface area contributed by atoms with Crippen molar-refractivity contribution < 1.29 is 14.3 Å². The second-order valence-electron chi connectivity index (χ2n) is 5.68. The van der Waals surface area contributed by atoms with Gasteiger partial charge in [-0.25, -0.2) is 10.5 Å². The van der Waals surface area contributed by atoms with Crippen LogP contribution < -0.4 is 20.7 Å². The summed E-state index contributed by atoms with van der Waals surface area (Å²) in [6.07, 6.45) is 3.15. The second kappa shape index (κ2) is 7.16. The molecule has 0 aliphatic carbocycles. The van der Waals surface area contributed by atoms with Gasteiger partial charge in [-0.3, -0.25) is 4.84 Å². The Hall–Kier alpha value is -3.51. The first-order chi connectivity index (χ1) is 12.8. The van der Waals surface area contributed by atoms with Gasteiger partial charge in [0.1, 0.15) is 29.2 Å². The lowest BCUT2D eigenvalue weighted by Gasteiger charge is -2.09. The Labute approximate surface area is 150 Å². The molecule has 3 aromatic rings. The molecule has 0 saturated heterocycles. The van der Waals surface area contributed by atoms with Crippen LogP contribution in [-0.2, 0) is 4.84 Å². The molecule has 6 nitrogen and oxygen atoms in total. The van der Waals surface area contributed by atoms with Crippen molar-refractivity contribution >= 4 is 5.82 Å². The molecule has 0 bridgehead atoms. The molecular weight excluding hydrogens is 330 g/mol. The summed E-state index contributed by atoms with van der Waals surface area (Å²) in [7, 11) is 0. The lowest BCUT2D eigenvalue weighted by molar-refractivity contribution is 0.0273. The van der Waals surface area contributed by atoms with Gasteiger partial charge in [-0.05, 0) is 42.0 Å². The average molecular weight is 347 g/mol. The van der Waals surface area contributed by atoms with E-state index in [2.05, 4.69) is 10.5 Å². The van der Waals surface area contributed by atoms with Gasteiger partial charge in [0.05, 0.1) is 6.20 Å². The monoisotopic (exact) mass is 347 g/mol. The largest absolute Gasteiger partial charge is 0.457 e. The van der Waals surface area contributed by atoms with E-state index in [1.807, 2.05) is 60.7 Å². The van der Waals surface area contributed by atoms with Crippen LogP contribution in [0.2, 0.25) is 0 Å². The Morgan fingerprint density at radius 2 is 1.58 bits per heavy atom. The Balaban J connectivity index is 1.41. The zero-order valence-electron chi connectivity index (χ0n) is 13.8. The van der Waals surface area contributed by atoms with Gasteiger partial charge in [0.25, 0.3) is 0 Å². The fourth-order valence-corrected chi connectivity index (χ4v) is 2.48. The highest BCUT2D eigenvalue weighted by Gasteiger charge is 2.20. The summed E-state index contributed by atoms with van der Waals surface area (Å²) in [4.78, 5) is 9.54. The third-order valence-corrected chi connectivity index (χ3v) is 3.76. The fourth-order valence-electron chi connectivity index (χ4n) is 2.48. The maximum absolute atomic E-state index is 5.79. The molecule has 130 valence electrons. The van der Waals surface area contributed by atoms with Gasteiger partial charge in [0.15, 0.2) is 0 Å². The molecule has 0 fully saturated rings. The van der Waals surface area contributed by atoms with Crippen molar-refractivity contribution in [1.29, 1.82) is 0 Å². The minimum absolute atomic E-state index is 0.252. The average Bonchev–Trinajstić information content (AvgIpc) is 3.14. The highest BCUT2D eigenvalue weighted by atomic mass is 16.7. The van der Waals surface area contributed by atoms with E-state index in [1.54, 1.807) is 18.3 Å². The van der Waals surface area contributed by atoms with Crippen LogP contribution in [0.3, 0.4) is 0 Å². The Kier molecular flexibility index (Phi) is 4.40. The number of nitrogens with zero attached hydrogens (tertiary/aromatic N) is 1. The van der Waals surface area contributed by atoms with E-state index in [4.69, 9.17) is 20.0 Å². The smallest absolute Gasteiger partial charge is 0.216 e. The molecule has 1 aromatic heterocycles. The number of anilines is 1. The van der Waals surface area contributed by atoms with Crippen LogP contribution in [0.4, 0.5) is 5.82 Å². The van der Waals surface area contributed by atoms with Crippen LogP contribution in [0.1, 0.15) is 11.7 Å². The van der Waals surface area contributed by atoms with E-state index in [-0.39, 0.29) is 6.10 Å². The number of rotatable bonds is 5. The number of benzene rings is 2. The quantitative estimate of drug-likeness (QED) is 0.727. The van der Waals surface area contributed by atoms with Crippen molar-refractivity contribution in [3.63, 3.8) is 0 Å².